The Morgan fingerprint density at radius 3 is 2.44 bits per heavy atom. The first-order valence-corrected chi connectivity index (χ1v) is 8.99. The molecule has 0 saturated carbocycles. The molecule has 2 rings (SSSR count). The molecule has 7 heteroatoms. The summed E-state index contributed by atoms with van der Waals surface area (Å²) in [6.07, 6.45) is 0.315. The predicted octanol–water partition coefficient (Wildman–Crippen LogP) is 2.78. The molecule has 0 aliphatic rings. The van der Waals surface area contributed by atoms with Crippen LogP contribution < -0.4 is 10.1 Å². The van der Waals surface area contributed by atoms with Crippen LogP contribution in [-0.4, -0.2) is 40.3 Å². The number of hydrogen-bond acceptors (Lipinski definition) is 4. The van der Waals surface area contributed by atoms with Crippen LogP contribution in [0.1, 0.15) is 49.4 Å². The third kappa shape index (κ3) is 5.84. The van der Waals surface area contributed by atoms with E-state index in [2.05, 4.69) is 15.5 Å². The first-order valence-electron chi connectivity index (χ1n) is 8.99. The van der Waals surface area contributed by atoms with Gasteiger partial charge in [0.15, 0.2) is 0 Å². The lowest BCUT2D eigenvalue weighted by Gasteiger charge is -2.15. The van der Waals surface area contributed by atoms with Crippen molar-refractivity contribution in [1.29, 1.82) is 0 Å². The van der Waals surface area contributed by atoms with Gasteiger partial charge in [0.1, 0.15) is 11.4 Å². The van der Waals surface area contributed by atoms with E-state index in [1.165, 1.54) is 0 Å². The van der Waals surface area contributed by atoms with Gasteiger partial charge in [0, 0.05) is 17.7 Å². The number of hydrogen-bond donors (Lipinski definition) is 3. The van der Waals surface area contributed by atoms with Crippen LogP contribution in [-0.2, 0) is 16.6 Å². The Morgan fingerprint density at radius 2 is 1.93 bits per heavy atom. The van der Waals surface area contributed by atoms with Crippen molar-refractivity contribution in [3.05, 3.63) is 47.3 Å². The summed E-state index contributed by atoms with van der Waals surface area (Å²) in [7, 11) is 0. The van der Waals surface area contributed by atoms with Crippen molar-refractivity contribution in [2.75, 3.05) is 13.2 Å². The highest BCUT2D eigenvalue weighted by atomic mass is 16.5. The summed E-state index contributed by atoms with van der Waals surface area (Å²) < 4.78 is 5.38. The number of carboxylic acids is 1. The smallest absolute Gasteiger partial charge is 0.308 e. The molecule has 1 aromatic carbocycles. The fraction of sp³-hybridized carbons (Fsp3) is 0.450. The maximum absolute atomic E-state index is 12.3. The zero-order chi connectivity index (χ0) is 20.0. The Morgan fingerprint density at radius 1 is 1.26 bits per heavy atom. The lowest BCUT2D eigenvalue weighted by atomic mass is 9.92. The number of carbonyl (C=O) groups is 2. The maximum atomic E-state index is 12.3. The lowest BCUT2D eigenvalue weighted by Crippen LogP contribution is -2.34. The minimum Gasteiger partial charge on any atom is -0.494 e. The van der Waals surface area contributed by atoms with Gasteiger partial charge in [0.2, 0.25) is 0 Å². The summed E-state index contributed by atoms with van der Waals surface area (Å²) >= 11 is 0. The molecule has 2 aromatic rings. The topological polar surface area (TPSA) is 104 Å². The van der Waals surface area contributed by atoms with Crippen LogP contribution in [0.2, 0.25) is 0 Å². The minimum absolute atomic E-state index is 0.0269. The molecule has 3 N–H and O–H groups in total. The fourth-order valence-corrected chi connectivity index (χ4v) is 2.55. The molecule has 0 radical (unpaired) electrons. The van der Waals surface area contributed by atoms with Crippen LogP contribution in [0.3, 0.4) is 0 Å². The van der Waals surface area contributed by atoms with Crippen LogP contribution in [0.5, 0.6) is 5.75 Å². The Hall–Kier alpha value is -2.83. The Labute approximate surface area is 159 Å². The third-order valence-corrected chi connectivity index (χ3v) is 4.19. The molecular formula is C20H27N3O4. The number of carboxylic acid groups (broad SMARTS) is 1. The normalized spacial score (nSPS) is 12.4. The highest BCUT2D eigenvalue weighted by Gasteiger charge is 2.22. The number of amides is 1. The molecule has 7 nitrogen and oxygen atoms in total. The number of aromatic nitrogens is 2. The van der Waals surface area contributed by atoms with Crippen molar-refractivity contribution in [1.82, 2.24) is 15.5 Å². The van der Waals surface area contributed by atoms with Gasteiger partial charge in [0.05, 0.1) is 12.5 Å². The molecule has 0 aliphatic carbocycles. The van der Waals surface area contributed by atoms with Crippen molar-refractivity contribution < 1.29 is 19.4 Å². The van der Waals surface area contributed by atoms with Gasteiger partial charge in [-0.2, -0.15) is 5.10 Å². The van der Waals surface area contributed by atoms with Gasteiger partial charge in [-0.15, -0.1) is 0 Å². The predicted molar refractivity (Wildman–Crippen MR) is 102 cm³/mol. The molecule has 0 fully saturated rings. The quantitative estimate of drug-likeness (QED) is 0.660. The van der Waals surface area contributed by atoms with Gasteiger partial charge in [-0.05, 0) is 37.1 Å². The van der Waals surface area contributed by atoms with E-state index in [-0.39, 0.29) is 23.6 Å². The van der Waals surface area contributed by atoms with Crippen LogP contribution in [0, 0.1) is 5.92 Å². The number of rotatable bonds is 8. The molecule has 0 aliphatic heterocycles. The molecule has 1 amide bonds. The number of nitrogens with zero attached hydrogens (tertiary/aromatic N) is 1. The molecule has 0 bridgehead atoms. The number of benzene rings is 1. The number of nitrogens with one attached hydrogen (secondary N) is 2. The summed E-state index contributed by atoms with van der Waals surface area (Å²) in [5.41, 5.74) is 1.82. The summed E-state index contributed by atoms with van der Waals surface area (Å²) in [4.78, 5) is 23.8. The van der Waals surface area contributed by atoms with E-state index < -0.39 is 11.9 Å². The molecule has 1 heterocycles. The monoisotopic (exact) mass is 373 g/mol. The molecule has 27 heavy (non-hydrogen) atoms. The molecular weight excluding hydrogens is 346 g/mol. The second-order valence-electron chi connectivity index (χ2n) is 7.44. The van der Waals surface area contributed by atoms with Crippen molar-refractivity contribution in [3.8, 4) is 5.75 Å². The number of ether oxygens (including phenoxy) is 1. The van der Waals surface area contributed by atoms with Gasteiger partial charge in [-0.1, -0.05) is 32.9 Å². The molecule has 146 valence electrons. The molecule has 0 saturated heterocycles. The standard InChI is InChI=1S/C20H27N3O4/c1-5-27-15-8-6-13(7-9-15)10-14(19(25)26)12-21-18(24)16-11-17(23-22-16)20(2,3)4/h6-9,11,14H,5,10,12H2,1-4H3,(H,21,24)(H,22,23)(H,25,26). The van der Waals surface area contributed by atoms with E-state index in [0.29, 0.717) is 13.0 Å². The zero-order valence-electron chi connectivity index (χ0n) is 16.2. The van der Waals surface area contributed by atoms with Crippen molar-refractivity contribution in [2.24, 2.45) is 5.92 Å². The Balaban J connectivity index is 1.96. The van der Waals surface area contributed by atoms with Gasteiger partial charge in [-0.25, -0.2) is 0 Å². The van der Waals surface area contributed by atoms with Crippen LogP contribution in [0.15, 0.2) is 30.3 Å². The van der Waals surface area contributed by atoms with E-state index in [4.69, 9.17) is 4.74 Å². The van der Waals surface area contributed by atoms with Crippen LogP contribution in [0.4, 0.5) is 0 Å². The summed E-state index contributed by atoms with van der Waals surface area (Å²) in [6.45, 7) is 8.55. The van der Waals surface area contributed by atoms with Crippen LogP contribution >= 0.6 is 0 Å². The van der Waals surface area contributed by atoms with Gasteiger partial charge in [0.25, 0.3) is 5.91 Å². The molecule has 0 spiro atoms. The SMILES string of the molecule is CCOc1ccc(CC(CNC(=O)c2cc(C(C)(C)C)[nH]n2)C(=O)O)cc1. The highest BCUT2D eigenvalue weighted by molar-refractivity contribution is 5.92. The first kappa shape index (κ1) is 20.5. The molecule has 1 atom stereocenters. The zero-order valence-corrected chi connectivity index (χ0v) is 16.2. The largest absolute Gasteiger partial charge is 0.494 e. The number of aromatic amines is 1. The third-order valence-electron chi connectivity index (χ3n) is 4.19. The second kappa shape index (κ2) is 8.70. The van der Waals surface area contributed by atoms with E-state index in [9.17, 15) is 14.7 Å². The minimum atomic E-state index is -0.957. The number of aliphatic carboxylic acids is 1. The van der Waals surface area contributed by atoms with Crippen molar-refractivity contribution >= 4 is 11.9 Å². The molecule has 1 unspecified atom stereocenters. The van der Waals surface area contributed by atoms with E-state index in [0.717, 1.165) is 17.0 Å². The summed E-state index contributed by atoms with van der Waals surface area (Å²) in [6, 6.07) is 9.00. The Bertz CT molecular complexity index is 775. The fourth-order valence-electron chi connectivity index (χ4n) is 2.55. The average molecular weight is 373 g/mol. The average Bonchev–Trinajstić information content (AvgIpc) is 3.10. The van der Waals surface area contributed by atoms with Crippen LogP contribution in [0.25, 0.3) is 0 Å². The summed E-state index contributed by atoms with van der Waals surface area (Å²) in [5.74, 6) is -1.33. The highest BCUT2D eigenvalue weighted by Crippen LogP contribution is 2.20. The van der Waals surface area contributed by atoms with E-state index in [1.54, 1.807) is 6.07 Å². The lowest BCUT2D eigenvalue weighted by molar-refractivity contribution is -0.141. The molecule has 1 aromatic heterocycles. The first-order chi connectivity index (χ1) is 12.7. The van der Waals surface area contributed by atoms with Gasteiger partial charge < -0.3 is 15.2 Å². The summed E-state index contributed by atoms with van der Waals surface area (Å²) in [5, 5.41) is 19.0. The number of H-pyrrole nitrogens is 1. The van der Waals surface area contributed by atoms with E-state index in [1.807, 2.05) is 52.0 Å². The second-order valence-corrected chi connectivity index (χ2v) is 7.44. The van der Waals surface area contributed by atoms with E-state index >= 15 is 0 Å². The van der Waals surface area contributed by atoms with Gasteiger partial charge in [-0.3, -0.25) is 14.7 Å². The Kier molecular flexibility index (Phi) is 6.60. The van der Waals surface area contributed by atoms with Crippen molar-refractivity contribution in [3.63, 3.8) is 0 Å². The van der Waals surface area contributed by atoms with Crippen molar-refractivity contribution in [2.45, 2.75) is 39.5 Å². The number of carbonyl (C=O) groups excluding carboxylic acids is 1. The maximum Gasteiger partial charge on any atom is 0.308 e. The van der Waals surface area contributed by atoms with Gasteiger partial charge >= 0.3 is 5.97 Å².